The highest BCUT2D eigenvalue weighted by atomic mass is 32.2. The zero-order chi connectivity index (χ0) is 24.1. The SMILES string of the molecule is CCS(=O)(=O)c1cc(-c2cc(F)cc(F)c2)cnc1-c1nc2cc(C(F)(F)F)ncc2n1C. The van der Waals surface area contributed by atoms with E-state index in [1.54, 1.807) is 0 Å². The number of sulfone groups is 1. The van der Waals surface area contributed by atoms with Crippen LogP contribution in [0.15, 0.2) is 47.6 Å². The van der Waals surface area contributed by atoms with Gasteiger partial charge in [-0.05, 0) is 29.8 Å². The van der Waals surface area contributed by atoms with Gasteiger partial charge in [0, 0.05) is 24.9 Å². The van der Waals surface area contributed by atoms with Crippen molar-refractivity contribution in [3.05, 3.63) is 60.1 Å². The van der Waals surface area contributed by atoms with Crippen molar-refractivity contribution in [2.45, 2.75) is 18.0 Å². The van der Waals surface area contributed by atoms with Crippen molar-refractivity contribution in [1.29, 1.82) is 0 Å². The zero-order valence-electron chi connectivity index (χ0n) is 17.2. The number of alkyl halides is 3. The molecule has 12 heteroatoms. The van der Waals surface area contributed by atoms with E-state index in [9.17, 15) is 30.4 Å². The number of hydrogen-bond donors (Lipinski definition) is 0. The molecule has 0 bridgehead atoms. The summed E-state index contributed by atoms with van der Waals surface area (Å²) in [4.78, 5) is 11.5. The number of aromatic nitrogens is 4. The van der Waals surface area contributed by atoms with E-state index in [0.717, 1.165) is 24.4 Å². The fraction of sp³-hybridized carbons (Fsp3) is 0.190. The molecule has 172 valence electrons. The Hall–Kier alpha value is -3.41. The third-order valence-electron chi connectivity index (χ3n) is 5.03. The van der Waals surface area contributed by atoms with Crippen molar-refractivity contribution in [1.82, 2.24) is 19.5 Å². The molecule has 0 aliphatic carbocycles. The zero-order valence-corrected chi connectivity index (χ0v) is 18.0. The number of rotatable bonds is 4. The standard InChI is InChI=1S/C21H15F5N4O2S/c1-3-33(31,32)17-6-12(11-4-13(22)7-14(23)5-11)9-28-19(17)20-29-15-8-18(21(24,25)26)27-10-16(15)30(20)2/h4-10H,3H2,1-2H3. The van der Waals surface area contributed by atoms with Crippen LogP contribution in [0.1, 0.15) is 12.6 Å². The molecule has 33 heavy (non-hydrogen) atoms. The number of fused-ring (bicyclic) bond motifs is 1. The van der Waals surface area contributed by atoms with E-state index in [4.69, 9.17) is 0 Å². The molecule has 0 saturated carbocycles. The summed E-state index contributed by atoms with van der Waals surface area (Å²) in [5, 5.41) is 0. The molecule has 0 atom stereocenters. The molecule has 0 aliphatic heterocycles. The van der Waals surface area contributed by atoms with Crippen LogP contribution in [0.2, 0.25) is 0 Å². The summed E-state index contributed by atoms with van der Waals surface area (Å²) in [5.41, 5.74) is -0.849. The minimum Gasteiger partial charge on any atom is -0.324 e. The predicted octanol–water partition coefficient (Wildman–Crippen LogP) is 4.79. The first kappa shape index (κ1) is 22.8. The summed E-state index contributed by atoms with van der Waals surface area (Å²) in [7, 11) is -2.43. The van der Waals surface area contributed by atoms with Gasteiger partial charge in [-0.3, -0.25) is 4.98 Å². The summed E-state index contributed by atoms with van der Waals surface area (Å²) in [6.45, 7) is 1.40. The molecule has 1 aromatic carbocycles. The van der Waals surface area contributed by atoms with Crippen LogP contribution in [0.25, 0.3) is 33.7 Å². The predicted molar refractivity (Wildman–Crippen MR) is 110 cm³/mol. The van der Waals surface area contributed by atoms with Gasteiger partial charge in [-0.15, -0.1) is 0 Å². The lowest BCUT2D eigenvalue weighted by Crippen LogP contribution is -2.09. The maximum Gasteiger partial charge on any atom is 0.433 e. The van der Waals surface area contributed by atoms with Crippen molar-refractivity contribution in [3.8, 4) is 22.6 Å². The molecule has 4 rings (SSSR count). The number of nitrogens with zero attached hydrogens (tertiary/aromatic N) is 4. The lowest BCUT2D eigenvalue weighted by molar-refractivity contribution is -0.141. The monoisotopic (exact) mass is 482 g/mol. The van der Waals surface area contributed by atoms with Crippen LogP contribution in [0.5, 0.6) is 0 Å². The van der Waals surface area contributed by atoms with Crippen molar-refractivity contribution in [2.75, 3.05) is 5.75 Å². The van der Waals surface area contributed by atoms with Gasteiger partial charge in [-0.25, -0.2) is 27.2 Å². The molecule has 0 fully saturated rings. The third-order valence-corrected chi connectivity index (χ3v) is 6.77. The second kappa shape index (κ2) is 7.87. The molecule has 0 N–H and O–H groups in total. The van der Waals surface area contributed by atoms with Crippen molar-refractivity contribution in [3.63, 3.8) is 0 Å². The van der Waals surface area contributed by atoms with E-state index in [2.05, 4.69) is 15.0 Å². The van der Waals surface area contributed by atoms with Gasteiger partial charge < -0.3 is 4.57 Å². The Balaban J connectivity index is 1.95. The molecule has 0 unspecified atom stereocenters. The van der Waals surface area contributed by atoms with Crippen molar-refractivity contribution >= 4 is 20.9 Å². The summed E-state index contributed by atoms with van der Waals surface area (Å²) >= 11 is 0. The van der Waals surface area contributed by atoms with Gasteiger partial charge in [0.1, 0.15) is 23.0 Å². The van der Waals surface area contributed by atoms with Crippen LogP contribution in [-0.2, 0) is 23.1 Å². The highest BCUT2D eigenvalue weighted by Crippen LogP contribution is 2.34. The van der Waals surface area contributed by atoms with Gasteiger partial charge in [-0.2, -0.15) is 13.2 Å². The Labute approximate surface area is 184 Å². The fourth-order valence-corrected chi connectivity index (χ4v) is 4.40. The molecule has 0 spiro atoms. The lowest BCUT2D eigenvalue weighted by atomic mass is 10.1. The molecule has 6 nitrogen and oxygen atoms in total. The second-order valence-electron chi connectivity index (χ2n) is 7.18. The smallest absolute Gasteiger partial charge is 0.324 e. The molecule has 3 aromatic heterocycles. The Kier molecular flexibility index (Phi) is 5.43. The Morgan fingerprint density at radius 1 is 0.939 bits per heavy atom. The first-order valence-electron chi connectivity index (χ1n) is 9.50. The highest BCUT2D eigenvalue weighted by Gasteiger charge is 2.33. The third kappa shape index (κ3) is 4.17. The second-order valence-corrected chi connectivity index (χ2v) is 9.43. The average Bonchev–Trinajstić information content (AvgIpc) is 3.08. The summed E-state index contributed by atoms with van der Waals surface area (Å²) in [6.07, 6.45) is -2.47. The summed E-state index contributed by atoms with van der Waals surface area (Å²) < 4.78 is 93.5. The summed E-state index contributed by atoms with van der Waals surface area (Å²) in [6, 6.07) is 4.71. The first-order valence-corrected chi connectivity index (χ1v) is 11.1. The van der Waals surface area contributed by atoms with E-state index in [0.29, 0.717) is 6.07 Å². The van der Waals surface area contributed by atoms with Gasteiger partial charge in [0.25, 0.3) is 0 Å². The minimum absolute atomic E-state index is 0.00452. The topological polar surface area (TPSA) is 77.7 Å². The van der Waals surface area contributed by atoms with Crippen LogP contribution >= 0.6 is 0 Å². The van der Waals surface area contributed by atoms with Crippen LogP contribution < -0.4 is 0 Å². The normalized spacial score (nSPS) is 12.5. The average molecular weight is 482 g/mol. The number of pyridine rings is 2. The fourth-order valence-electron chi connectivity index (χ4n) is 3.34. The van der Waals surface area contributed by atoms with Crippen LogP contribution in [-0.4, -0.2) is 33.7 Å². The van der Waals surface area contributed by atoms with E-state index >= 15 is 0 Å². The largest absolute Gasteiger partial charge is 0.433 e. The van der Waals surface area contributed by atoms with Crippen LogP contribution in [0, 0.1) is 11.6 Å². The van der Waals surface area contributed by atoms with E-state index in [-0.39, 0.29) is 44.3 Å². The van der Waals surface area contributed by atoms with E-state index < -0.39 is 33.3 Å². The molecule has 0 amide bonds. The maximum atomic E-state index is 13.7. The van der Waals surface area contributed by atoms with Gasteiger partial charge in [0.05, 0.1) is 27.9 Å². The van der Waals surface area contributed by atoms with Gasteiger partial charge in [-0.1, -0.05) is 6.92 Å². The molecule has 3 heterocycles. The Morgan fingerprint density at radius 3 is 2.21 bits per heavy atom. The molecule has 0 radical (unpaired) electrons. The molecular weight excluding hydrogens is 467 g/mol. The Bertz CT molecular complexity index is 1480. The van der Waals surface area contributed by atoms with Gasteiger partial charge in [0.2, 0.25) is 0 Å². The summed E-state index contributed by atoms with van der Waals surface area (Å²) in [5.74, 6) is -2.02. The number of benzene rings is 1. The molecule has 4 aromatic rings. The molecular formula is C21H15F5N4O2S. The van der Waals surface area contributed by atoms with Gasteiger partial charge >= 0.3 is 6.18 Å². The molecule has 0 aliphatic rings. The van der Waals surface area contributed by atoms with Crippen LogP contribution in [0.3, 0.4) is 0 Å². The number of imidazole rings is 1. The maximum absolute atomic E-state index is 13.7. The van der Waals surface area contributed by atoms with Gasteiger partial charge in [0.15, 0.2) is 15.7 Å². The first-order chi connectivity index (χ1) is 15.4. The number of hydrogen-bond acceptors (Lipinski definition) is 5. The minimum atomic E-state index is -4.68. The lowest BCUT2D eigenvalue weighted by Gasteiger charge is -2.11. The number of aryl methyl sites for hydroxylation is 1. The quantitative estimate of drug-likeness (QED) is 0.391. The highest BCUT2D eigenvalue weighted by molar-refractivity contribution is 7.91. The van der Waals surface area contributed by atoms with E-state index in [1.807, 2.05) is 0 Å². The molecule has 0 saturated heterocycles. The van der Waals surface area contributed by atoms with Crippen molar-refractivity contribution in [2.24, 2.45) is 7.05 Å². The van der Waals surface area contributed by atoms with Crippen LogP contribution in [0.4, 0.5) is 22.0 Å². The number of halogens is 5. The Morgan fingerprint density at radius 2 is 1.61 bits per heavy atom. The van der Waals surface area contributed by atoms with E-state index in [1.165, 1.54) is 30.8 Å². The van der Waals surface area contributed by atoms with Crippen molar-refractivity contribution < 1.29 is 30.4 Å².